The smallest absolute Gasteiger partial charge is 0.134 e. The number of nitrogens with one attached hydrogen (secondary N) is 2. The molecule has 0 saturated heterocycles. The van der Waals surface area contributed by atoms with Crippen LogP contribution in [0.25, 0.3) is 0 Å². The summed E-state index contributed by atoms with van der Waals surface area (Å²) in [5.41, 5.74) is 7.94. The highest BCUT2D eigenvalue weighted by molar-refractivity contribution is 6.13. The van der Waals surface area contributed by atoms with Gasteiger partial charge in [-0.25, -0.2) is 4.99 Å². The van der Waals surface area contributed by atoms with Gasteiger partial charge in [-0.1, -0.05) is 24.8 Å². The maximum absolute atomic E-state index is 8.47. The summed E-state index contributed by atoms with van der Waals surface area (Å²) in [6, 6.07) is 16.8. The third-order valence-corrected chi connectivity index (χ3v) is 3.50. The van der Waals surface area contributed by atoms with Crippen LogP contribution in [0.15, 0.2) is 83.3 Å². The van der Waals surface area contributed by atoms with Crippen molar-refractivity contribution >= 4 is 11.9 Å². The molecule has 0 atom stereocenters. The molecule has 2 rings (SSSR count). The second kappa shape index (κ2) is 8.49. The first-order valence-electron chi connectivity index (χ1n) is 7.84. The number of allylic oxidation sites excluding steroid dienone is 1. The summed E-state index contributed by atoms with van der Waals surface area (Å²) in [6.45, 7) is 5.68. The van der Waals surface area contributed by atoms with Crippen LogP contribution in [0, 0.1) is 5.41 Å². The number of aliphatic imine (C=N–C) groups is 1. The molecule has 5 heteroatoms. The molecule has 0 aliphatic rings. The van der Waals surface area contributed by atoms with E-state index in [-0.39, 0.29) is 11.5 Å². The number of likely N-dealkylation sites (N-methyl/N-ethyl adjacent to an activating group) is 1. The zero-order valence-corrected chi connectivity index (χ0v) is 14.4. The lowest BCUT2D eigenvalue weighted by atomic mass is 10.00. The number of nitrogens with two attached hydrogens (primary N) is 1. The highest BCUT2D eigenvalue weighted by Gasteiger charge is 2.15. The van der Waals surface area contributed by atoms with E-state index in [0.717, 1.165) is 5.75 Å². The number of nitrogens with zero attached hydrogens (tertiary/aromatic N) is 1. The van der Waals surface area contributed by atoms with Crippen molar-refractivity contribution < 1.29 is 4.74 Å². The summed E-state index contributed by atoms with van der Waals surface area (Å²) in [7, 11) is 1.73. The van der Waals surface area contributed by atoms with Gasteiger partial charge in [-0.2, -0.15) is 0 Å². The predicted molar refractivity (Wildman–Crippen MR) is 103 cm³/mol. The van der Waals surface area contributed by atoms with Crippen LogP contribution in [0.2, 0.25) is 0 Å². The quantitative estimate of drug-likeness (QED) is 0.531. The molecule has 0 saturated carbocycles. The Morgan fingerprint density at radius 1 is 1.12 bits per heavy atom. The summed E-state index contributed by atoms with van der Waals surface area (Å²) in [5, 5.41) is 11.4. The molecular weight excluding hydrogens is 312 g/mol. The Morgan fingerprint density at radius 3 is 2.28 bits per heavy atom. The van der Waals surface area contributed by atoms with Crippen LogP contribution in [-0.2, 0) is 0 Å². The second-order valence-corrected chi connectivity index (χ2v) is 5.19. The van der Waals surface area contributed by atoms with Gasteiger partial charge in [0.1, 0.15) is 17.3 Å². The summed E-state index contributed by atoms with van der Waals surface area (Å²) in [5.74, 6) is 1.70. The van der Waals surface area contributed by atoms with E-state index in [1.807, 2.05) is 54.6 Å². The molecule has 2 aromatic carbocycles. The number of hydrogen-bond donors (Lipinski definition) is 3. The van der Waals surface area contributed by atoms with Crippen LogP contribution in [0.4, 0.5) is 0 Å². The fraction of sp³-hybridized carbons (Fsp3) is 0.100. The van der Waals surface area contributed by atoms with Gasteiger partial charge in [-0.05, 0) is 43.3 Å². The Balaban J connectivity index is 2.26. The van der Waals surface area contributed by atoms with Gasteiger partial charge in [0.25, 0.3) is 0 Å². The molecule has 128 valence electrons. The lowest BCUT2D eigenvalue weighted by Crippen LogP contribution is -2.19. The Morgan fingerprint density at radius 2 is 1.72 bits per heavy atom. The van der Waals surface area contributed by atoms with Gasteiger partial charge < -0.3 is 15.8 Å². The zero-order chi connectivity index (χ0) is 18.2. The zero-order valence-electron chi connectivity index (χ0n) is 14.4. The molecule has 5 nitrogen and oxygen atoms in total. The minimum atomic E-state index is 0.244. The molecule has 0 heterocycles. The van der Waals surface area contributed by atoms with Crippen LogP contribution < -0.4 is 15.8 Å². The highest BCUT2D eigenvalue weighted by atomic mass is 16.5. The molecule has 0 spiro atoms. The minimum Gasteiger partial charge on any atom is -0.457 e. The molecule has 2 aromatic rings. The van der Waals surface area contributed by atoms with Crippen molar-refractivity contribution in [2.24, 2.45) is 10.7 Å². The van der Waals surface area contributed by atoms with Crippen molar-refractivity contribution in [2.45, 2.75) is 6.92 Å². The van der Waals surface area contributed by atoms with Gasteiger partial charge in [0.05, 0.1) is 11.3 Å². The summed E-state index contributed by atoms with van der Waals surface area (Å²) >= 11 is 0. The first-order chi connectivity index (χ1) is 12.1. The molecule has 0 aliphatic carbocycles. The molecule has 0 fully saturated rings. The Labute approximate surface area is 148 Å². The molecule has 0 aromatic heterocycles. The normalized spacial score (nSPS) is 11.8. The van der Waals surface area contributed by atoms with Gasteiger partial charge in [0.15, 0.2) is 0 Å². The van der Waals surface area contributed by atoms with Gasteiger partial charge >= 0.3 is 0 Å². The molecule has 0 aliphatic heterocycles. The van der Waals surface area contributed by atoms with Crippen LogP contribution in [-0.4, -0.2) is 19.0 Å². The molecule has 0 radical (unpaired) electrons. The highest BCUT2D eigenvalue weighted by Crippen LogP contribution is 2.23. The van der Waals surface area contributed by atoms with E-state index < -0.39 is 0 Å². The van der Waals surface area contributed by atoms with E-state index in [1.165, 1.54) is 0 Å². The Kier molecular flexibility index (Phi) is 6.12. The SMILES string of the molecule is C=C(NC)/C(C(=N)c1ccc(Oc2ccccc2)cc1)=C(N)\N=C/C. The third-order valence-electron chi connectivity index (χ3n) is 3.50. The average molecular weight is 334 g/mol. The van der Waals surface area contributed by atoms with Gasteiger partial charge in [0, 0.05) is 24.5 Å². The van der Waals surface area contributed by atoms with E-state index in [1.54, 1.807) is 20.2 Å². The van der Waals surface area contributed by atoms with E-state index in [2.05, 4.69) is 16.9 Å². The molecule has 0 unspecified atom stereocenters. The maximum Gasteiger partial charge on any atom is 0.134 e. The van der Waals surface area contributed by atoms with Crippen molar-refractivity contribution in [3.8, 4) is 11.5 Å². The summed E-state index contributed by atoms with van der Waals surface area (Å²) in [6.07, 6.45) is 1.59. The largest absolute Gasteiger partial charge is 0.457 e. The number of hydrogen-bond acceptors (Lipinski definition) is 5. The van der Waals surface area contributed by atoms with Crippen molar-refractivity contribution in [2.75, 3.05) is 7.05 Å². The van der Waals surface area contributed by atoms with Crippen molar-refractivity contribution in [3.63, 3.8) is 0 Å². The maximum atomic E-state index is 8.47. The minimum absolute atomic E-state index is 0.244. The lowest BCUT2D eigenvalue weighted by molar-refractivity contribution is 0.482. The van der Waals surface area contributed by atoms with Crippen molar-refractivity contribution in [1.82, 2.24) is 5.32 Å². The number of para-hydroxylation sites is 1. The Bertz CT molecular complexity index is 805. The topological polar surface area (TPSA) is 83.5 Å². The van der Waals surface area contributed by atoms with Crippen LogP contribution in [0.5, 0.6) is 11.5 Å². The molecule has 0 bridgehead atoms. The van der Waals surface area contributed by atoms with Crippen molar-refractivity contribution in [1.29, 1.82) is 5.41 Å². The number of ether oxygens (including phenoxy) is 1. The van der Waals surface area contributed by atoms with Crippen LogP contribution >= 0.6 is 0 Å². The van der Waals surface area contributed by atoms with Crippen molar-refractivity contribution in [3.05, 3.63) is 83.8 Å². The molecular formula is C20H22N4O. The monoisotopic (exact) mass is 334 g/mol. The van der Waals surface area contributed by atoms with E-state index in [0.29, 0.717) is 22.6 Å². The fourth-order valence-electron chi connectivity index (χ4n) is 2.22. The van der Waals surface area contributed by atoms with E-state index in [9.17, 15) is 0 Å². The molecule has 4 N–H and O–H groups in total. The summed E-state index contributed by atoms with van der Waals surface area (Å²) in [4.78, 5) is 4.08. The fourth-order valence-corrected chi connectivity index (χ4v) is 2.22. The van der Waals surface area contributed by atoms with Gasteiger partial charge in [-0.15, -0.1) is 0 Å². The van der Waals surface area contributed by atoms with Gasteiger partial charge in [-0.3, -0.25) is 5.41 Å². The third kappa shape index (κ3) is 4.57. The average Bonchev–Trinajstić information content (AvgIpc) is 2.63. The standard InChI is InChI=1S/C20H22N4O/c1-4-24-20(22)18(14(2)23-3)19(21)15-10-12-17(13-11-15)25-16-8-6-5-7-9-16/h4-13,21,23H,2,22H2,1,3H3/b20-18+,21-19?,24-4-. The number of benzene rings is 2. The van der Waals surface area contributed by atoms with Gasteiger partial charge in [0.2, 0.25) is 0 Å². The van der Waals surface area contributed by atoms with E-state index in [4.69, 9.17) is 15.9 Å². The van der Waals surface area contributed by atoms with Crippen LogP contribution in [0.1, 0.15) is 12.5 Å². The summed E-state index contributed by atoms with van der Waals surface area (Å²) < 4.78 is 5.77. The van der Waals surface area contributed by atoms with Crippen LogP contribution in [0.3, 0.4) is 0 Å². The number of rotatable bonds is 7. The first kappa shape index (κ1) is 18.0. The first-order valence-corrected chi connectivity index (χ1v) is 7.84. The Hall–Kier alpha value is -3.34. The second-order valence-electron chi connectivity index (χ2n) is 5.19. The molecule has 0 amide bonds. The van der Waals surface area contributed by atoms with E-state index >= 15 is 0 Å². The molecule has 25 heavy (non-hydrogen) atoms. The predicted octanol–water partition coefficient (Wildman–Crippen LogP) is 3.84. The lowest BCUT2D eigenvalue weighted by Gasteiger charge is -2.14.